The van der Waals surface area contributed by atoms with Crippen molar-refractivity contribution in [1.29, 1.82) is 0 Å². The fourth-order valence-electron chi connectivity index (χ4n) is 2.80. The van der Waals surface area contributed by atoms with Crippen LogP contribution in [0.4, 0.5) is 0 Å². The van der Waals surface area contributed by atoms with Gasteiger partial charge in [0.05, 0.1) is 6.61 Å². The predicted molar refractivity (Wildman–Crippen MR) is 98.3 cm³/mol. The Morgan fingerprint density at radius 1 is 0.708 bits per heavy atom. The van der Waals surface area contributed by atoms with E-state index in [0.29, 0.717) is 6.61 Å². The van der Waals surface area contributed by atoms with Crippen LogP contribution in [0.15, 0.2) is 91.0 Å². The van der Waals surface area contributed by atoms with Gasteiger partial charge in [-0.2, -0.15) is 0 Å². The van der Waals surface area contributed by atoms with Crippen LogP contribution in [-0.4, -0.2) is 11.9 Å². The lowest BCUT2D eigenvalue weighted by Crippen LogP contribution is -2.26. The fourth-order valence-corrected chi connectivity index (χ4v) is 2.80. The van der Waals surface area contributed by atoms with E-state index in [1.807, 2.05) is 30.3 Å². The molecule has 0 fully saturated rings. The molecule has 2 heteroatoms. The molecule has 2 nitrogen and oxygen atoms in total. The molecule has 0 heterocycles. The summed E-state index contributed by atoms with van der Waals surface area (Å²) in [6.07, 6.45) is -0.0772. The highest BCUT2D eigenvalue weighted by Gasteiger charge is 2.17. The summed E-state index contributed by atoms with van der Waals surface area (Å²) in [5.41, 5.74) is 3.64. The molecule has 0 saturated carbocycles. The van der Waals surface area contributed by atoms with E-state index in [4.69, 9.17) is 4.74 Å². The van der Waals surface area contributed by atoms with Crippen LogP contribution in [0.5, 0.6) is 0 Å². The van der Waals surface area contributed by atoms with E-state index in [1.54, 1.807) is 0 Å². The first-order valence-electron chi connectivity index (χ1n) is 8.27. The van der Waals surface area contributed by atoms with Crippen LogP contribution in [0.3, 0.4) is 0 Å². The van der Waals surface area contributed by atoms with Crippen LogP contribution in [0.25, 0.3) is 0 Å². The summed E-state index contributed by atoms with van der Waals surface area (Å²) in [5, 5.41) is 0. The Morgan fingerprint density at radius 3 is 1.79 bits per heavy atom. The molecular formula is C22H23NO. The molecular weight excluding hydrogens is 294 g/mol. The first-order valence-corrected chi connectivity index (χ1v) is 8.27. The minimum absolute atomic E-state index is 0.0772. The van der Waals surface area contributed by atoms with Gasteiger partial charge < -0.3 is 4.74 Å². The van der Waals surface area contributed by atoms with Gasteiger partial charge in [0.15, 0.2) is 0 Å². The van der Waals surface area contributed by atoms with Crippen molar-refractivity contribution < 1.29 is 4.74 Å². The molecule has 0 aliphatic heterocycles. The van der Waals surface area contributed by atoms with Crippen LogP contribution in [0.2, 0.25) is 0 Å². The Kier molecular flexibility index (Phi) is 5.78. The van der Waals surface area contributed by atoms with Crippen LogP contribution >= 0.6 is 0 Å². The molecule has 0 N–H and O–H groups in total. The summed E-state index contributed by atoms with van der Waals surface area (Å²) in [5.74, 6) is 0. The highest BCUT2D eigenvalue weighted by molar-refractivity contribution is 5.19. The molecule has 3 aromatic carbocycles. The summed E-state index contributed by atoms with van der Waals surface area (Å²) in [7, 11) is 2.11. The average Bonchev–Trinajstić information content (AvgIpc) is 2.64. The number of hydrogen-bond acceptors (Lipinski definition) is 2. The summed E-state index contributed by atoms with van der Waals surface area (Å²) in [4.78, 5) is 2.24. The average molecular weight is 317 g/mol. The van der Waals surface area contributed by atoms with Gasteiger partial charge in [0.1, 0.15) is 6.23 Å². The van der Waals surface area contributed by atoms with Gasteiger partial charge in [0.25, 0.3) is 0 Å². The van der Waals surface area contributed by atoms with Crippen LogP contribution in [0, 0.1) is 0 Å². The molecule has 1 atom stereocenters. The Hall–Kier alpha value is -2.42. The van der Waals surface area contributed by atoms with E-state index in [1.165, 1.54) is 16.7 Å². The van der Waals surface area contributed by atoms with Gasteiger partial charge in [-0.25, -0.2) is 0 Å². The minimum atomic E-state index is -0.0772. The summed E-state index contributed by atoms with van der Waals surface area (Å²) in [6.45, 7) is 1.44. The maximum atomic E-state index is 6.27. The number of ether oxygens (including phenoxy) is 1. The molecule has 24 heavy (non-hydrogen) atoms. The molecule has 0 aliphatic carbocycles. The van der Waals surface area contributed by atoms with E-state index in [0.717, 1.165) is 6.54 Å². The van der Waals surface area contributed by atoms with Crippen molar-refractivity contribution in [3.8, 4) is 0 Å². The Labute approximate surface area is 144 Å². The lowest BCUT2D eigenvalue weighted by Gasteiger charge is -2.28. The normalized spacial score (nSPS) is 12.2. The van der Waals surface area contributed by atoms with Gasteiger partial charge >= 0.3 is 0 Å². The first kappa shape index (κ1) is 16.4. The van der Waals surface area contributed by atoms with Gasteiger partial charge in [-0.05, 0) is 23.7 Å². The van der Waals surface area contributed by atoms with Gasteiger partial charge in [-0.1, -0.05) is 91.0 Å². The quantitative estimate of drug-likeness (QED) is 0.566. The monoisotopic (exact) mass is 317 g/mol. The molecule has 122 valence electrons. The van der Waals surface area contributed by atoms with Crippen LogP contribution in [0.1, 0.15) is 22.9 Å². The lowest BCUT2D eigenvalue weighted by atomic mass is 10.1. The van der Waals surface area contributed by atoms with Crippen LogP contribution in [-0.2, 0) is 17.9 Å². The van der Waals surface area contributed by atoms with Gasteiger partial charge in [-0.3, -0.25) is 4.90 Å². The zero-order valence-electron chi connectivity index (χ0n) is 14.0. The molecule has 0 saturated heterocycles. The van der Waals surface area contributed by atoms with Crippen molar-refractivity contribution in [2.24, 2.45) is 0 Å². The van der Waals surface area contributed by atoms with E-state index in [-0.39, 0.29) is 6.23 Å². The molecule has 3 rings (SSSR count). The Balaban J connectivity index is 1.74. The largest absolute Gasteiger partial charge is 0.354 e. The molecule has 0 aromatic heterocycles. The smallest absolute Gasteiger partial charge is 0.137 e. The number of rotatable bonds is 7. The summed E-state index contributed by atoms with van der Waals surface area (Å²) >= 11 is 0. The van der Waals surface area contributed by atoms with Gasteiger partial charge in [0.2, 0.25) is 0 Å². The number of nitrogens with zero attached hydrogens (tertiary/aromatic N) is 1. The maximum absolute atomic E-state index is 6.27. The Morgan fingerprint density at radius 2 is 1.21 bits per heavy atom. The highest BCUT2D eigenvalue weighted by atomic mass is 16.5. The molecule has 3 aromatic rings. The second kappa shape index (κ2) is 8.44. The molecule has 0 amide bonds. The molecule has 0 aliphatic rings. The number of hydrogen-bond donors (Lipinski definition) is 0. The zero-order valence-corrected chi connectivity index (χ0v) is 14.0. The van der Waals surface area contributed by atoms with Gasteiger partial charge in [0, 0.05) is 6.54 Å². The van der Waals surface area contributed by atoms with Crippen molar-refractivity contribution in [3.63, 3.8) is 0 Å². The third-order valence-corrected chi connectivity index (χ3v) is 4.01. The van der Waals surface area contributed by atoms with Crippen molar-refractivity contribution in [3.05, 3.63) is 108 Å². The minimum Gasteiger partial charge on any atom is -0.354 e. The fraction of sp³-hybridized carbons (Fsp3) is 0.182. The third-order valence-electron chi connectivity index (χ3n) is 4.01. The van der Waals surface area contributed by atoms with E-state index in [9.17, 15) is 0 Å². The third kappa shape index (κ3) is 4.54. The topological polar surface area (TPSA) is 12.5 Å². The van der Waals surface area contributed by atoms with E-state index < -0.39 is 0 Å². The predicted octanol–water partition coefficient (Wildman–Crippen LogP) is 5.03. The standard InChI is InChI=1S/C22H23NO/c1-23(17-19-11-5-2-6-12-19)22(21-15-9-4-10-16-21)24-18-20-13-7-3-8-14-20/h2-16,22H,17-18H2,1H3/t22-/m0/s1. The van der Waals surface area contributed by atoms with E-state index >= 15 is 0 Å². The van der Waals surface area contributed by atoms with Crippen LogP contribution < -0.4 is 0 Å². The second-order valence-electron chi connectivity index (χ2n) is 5.96. The van der Waals surface area contributed by atoms with Gasteiger partial charge in [-0.15, -0.1) is 0 Å². The maximum Gasteiger partial charge on any atom is 0.137 e. The summed E-state index contributed by atoms with van der Waals surface area (Å²) in [6, 6.07) is 31.2. The highest BCUT2D eigenvalue weighted by Crippen LogP contribution is 2.24. The molecule has 0 radical (unpaired) electrons. The molecule has 0 spiro atoms. The molecule has 0 unspecified atom stereocenters. The zero-order chi connectivity index (χ0) is 16.6. The second-order valence-corrected chi connectivity index (χ2v) is 5.96. The van der Waals surface area contributed by atoms with Crippen molar-refractivity contribution >= 4 is 0 Å². The molecule has 0 bridgehead atoms. The number of benzene rings is 3. The van der Waals surface area contributed by atoms with Crippen molar-refractivity contribution in [1.82, 2.24) is 4.90 Å². The first-order chi connectivity index (χ1) is 11.8. The van der Waals surface area contributed by atoms with Crippen molar-refractivity contribution in [2.45, 2.75) is 19.4 Å². The summed E-state index contributed by atoms with van der Waals surface area (Å²) < 4.78 is 6.27. The Bertz CT molecular complexity index is 713. The van der Waals surface area contributed by atoms with Crippen molar-refractivity contribution in [2.75, 3.05) is 7.05 Å². The lowest BCUT2D eigenvalue weighted by molar-refractivity contribution is -0.0641. The SMILES string of the molecule is CN(Cc1ccccc1)[C@@H](OCc1ccccc1)c1ccccc1. The van der Waals surface area contributed by atoms with E-state index in [2.05, 4.69) is 72.6 Å².